The first kappa shape index (κ1) is 14.2. The number of amides is 2. The molecule has 2 amide bonds. The summed E-state index contributed by atoms with van der Waals surface area (Å²) in [5.41, 5.74) is 0.144. The number of alkyl halides is 3. The minimum atomic E-state index is -5.02. The van der Waals surface area contributed by atoms with Gasteiger partial charge in [0.05, 0.1) is 12.2 Å². The standard InChI is InChI=1S/C9H7ClF3N3O2/c10-7-5(2-1-3-14-7)16-6(17)4-15-8(18)9(11,12)13/h1-3H,4H2,(H,15,18)(H,16,17). The van der Waals surface area contributed by atoms with Gasteiger partial charge in [0, 0.05) is 6.20 Å². The van der Waals surface area contributed by atoms with Crippen molar-refractivity contribution in [2.75, 3.05) is 11.9 Å². The van der Waals surface area contributed by atoms with E-state index in [1.165, 1.54) is 23.6 Å². The maximum Gasteiger partial charge on any atom is 0.471 e. The van der Waals surface area contributed by atoms with Crippen LogP contribution in [0.3, 0.4) is 0 Å². The van der Waals surface area contributed by atoms with Gasteiger partial charge in [0.15, 0.2) is 5.15 Å². The molecule has 0 unspecified atom stereocenters. The van der Waals surface area contributed by atoms with E-state index in [-0.39, 0.29) is 10.8 Å². The zero-order valence-corrected chi connectivity index (χ0v) is 9.47. The molecule has 9 heteroatoms. The van der Waals surface area contributed by atoms with Crippen LogP contribution < -0.4 is 10.6 Å². The first-order valence-corrected chi connectivity index (χ1v) is 4.94. The van der Waals surface area contributed by atoms with E-state index in [4.69, 9.17) is 11.6 Å². The fourth-order valence-corrected chi connectivity index (χ4v) is 1.10. The lowest BCUT2D eigenvalue weighted by Gasteiger charge is -2.08. The van der Waals surface area contributed by atoms with Gasteiger partial charge >= 0.3 is 12.1 Å². The highest BCUT2D eigenvalue weighted by Gasteiger charge is 2.38. The molecule has 1 aromatic heterocycles. The minimum Gasteiger partial charge on any atom is -0.339 e. The van der Waals surface area contributed by atoms with Gasteiger partial charge in [-0.15, -0.1) is 0 Å². The van der Waals surface area contributed by atoms with Gasteiger partial charge in [-0.05, 0) is 12.1 Å². The Morgan fingerprint density at radius 3 is 2.61 bits per heavy atom. The maximum atomic E-state index is 11.8. The summed E-state index contributed by atoms with van der Waals surface area (Å²) in [6.07, 6.45) is -3.64. The molecule has 98 valence electrons. The molecule has 0 bridgehead atoms. The lowest BCUT2D eigenvalue weighted by Crippen LogP contribution is -2.41. The second-order valence-corrected chi connectivity index (χ2v) is 3.43. The molecule has 0 aliphatic rings. The fraction of sp³-hybridized carbons (Fsp3) is 0.222. The van der Waals surface area contributed by atoms with Crippen molar-refractivity contribution in [1.82, 2.24) is 10.3 Å². The van der Waals surface area contributed by atoms with Crippen molar-refractivity contribution in [2.24, 2.45) is 0 Å². The van der Waals surface area contributed by atoms with Crippen molar-refractivity contribution >= 4 is 29.1 Å². The van der Waals surface area contributed by atoms with Gasteiger partial charge in [-0.3, -0.25) is 9.59 Å². The SMILES string of the molecule is O=C(CNC(=O)C(F)(F)F)Nc1cccnc1Cl. The second kappa shape index (κ2) is 5.67. The molecule has 0 fully saturated rings. The van der Waals surface area contributed by atoms with Crippen molar-refractivity contribution in [3.63, 3.8) is 0 Å². The van der Waals surface area contributed by atoms with E-state index >= 15 is 0 Å². The molecule has 0 aromatic carbocycles. The van der Waals surface area contributed by atoms with Crippen LogP contribution in [-0.2, 0) is 9.59 Å². The lowest BCUT2D eigenvalue weighted by atomic mass is 10.4. The number of rotatable bonds is 3. The van der Waals surface area contributed by atoms with E-state index in [2.05, 4.69) is 10.3 Å². The van der Waals surface area contributed by atoms with E-state index < -0.39 is 24.5 Å². The third-order valence-corrected chi connectivity index (χ3v) is 2.00. The number of carbonyl (C=O) groups excluding carboxylic acids is 2. The normalized spacial score (nSPS) is 10.9. The summed E-state index contributed by atoms with van der Waals surface area (Å²) in [6.45, 7) is -0.816. The quantitative estimate of drug-likeness (QED) is 0.822. The number of anilines is 1. The average Bonchev–Trinajstić information content (AvgIpc) is 2.27. The van der Waals surface area contributed by atoms with Crippen molar-refractivity contribution in [3.05, 3.63) is 23.5 Å². The molecule has 2 N–H and O–H groups in total. The first-order chi connectivity index (χ1) is 8.30. The molecule has 0 saturated heterocycles. The van der Waals surface area contributed by atoms with Gasteiger partial charge in [0.1, 0.15) is 0 Å². The molecule has 1 rings (SSSR count). The number of aromatic nitrogens is 1. The summed E-state index contributed by atoms with van der Waals surface area (Å²) in [5.74, 6) is -3.03. The molecule has 0 aliphatic carbocycles. The van der Waals surface area contributed by atoms with Crippen LogP contribution in [0, 0.1) is 0 Å². The van der Waals surface area contributed by atoms with Gasteiger partial charge in [-0.25, -0.2) is 4.98 Å². The smallest absolute Gasteiger partial charge is 0.339 e. The topological polar surface area (TPSA) is 71.1 Å². The summed E-state index contributed by atoms with van der Waals surface area (Å²) >= 11 is 5.61. The highest BCUT2D eigenvalue weighted by molar-refractivity contribution is 6.32. The Bertz CT molecular complexity index is 465. The Morgan fingerprint density at radius 2 is 2.06 bits per heavy atom. The van der Waals surface area contributed by atoms with Gasteiger partial charge in [-0.1, -0.05) is 11.6 Å². The van der Waals surface area contributed by atoms with Crippen LogP contribution in [0.2, 0.25) is 5.15 Å². The summed E-state index contributed by atoms with van der Waals surface area (Å²) in [7, 11) is 0. The van der Waals surface area contributed by atoms with Crippen LogP contribution in [0.1, 0.15) is 0 Å². The molecular formula is C9H7ClF3N3O2. The Kier molecular flexibility index (Phi) is 4.49. The van der Waals surface area contributed by atoms with Gasteiger partial charge in [0.25, 0.3) is 0 Å². The summed E-state index contributed by atoms with van der Waals surface area (Å²) in [6, 6.07) is 2.90. The first-order valence-electron chi connectivity index (χ1n) is 4.56. The number of pyridine rings is 1. The molecular weight excluding hydrogens is 275 g/mol. The van der Waals surface area contributed by atoms with Crippen LogP contribution in [0.5, 0.6) is 0 Å². The van der Waals surface area contributed by atoms with Crippen LogP contribution in [0.4, 0.5) is 18.9 Å². The van der Waals surface area contributed by atoms with Crippen LogP contribution in [-0.4, -0.2) is 29.5 Å². The molecule has 18 heavy (non-hydrogen) atoms. The Morgan fingerprint density at radius 1 is 1.39 bits per heavy atom. The number of carbonyl (C=O) groups is 2. The summed E-state index contributed by atoms with van der Waals surface area (Å²) in [4.78, 5) is 25.3. The average molecular weight is 282 g/mol. The van der Waals surface area contributed by atoms with E-state index in [9.17, 15) is 22.8 Å². The predicted octanol–water partition coefficient (Wildman–Crippen LogP) is 1.35. The van der Waals surface area contributed by atoms with Gasteiger partial charge in [0.2, 0.25) is 5.91 Å². The van der Waals surface area contributed by atoms with Crippen LogP contribution in [0.25, 0.3) is 0 Å². The fourth-order valence-electron chi connectivity index (χ4n) is 0.934. The highest BCUT2D eigenvalue weighted by atomic mass is 35.5. The monoisotopic (exact) mass is 281 g/mol. The summed E-state index contributed by atoms with van der Waals surface area (Å²) in [5, 5.41) is 3.62. The highest BCUT2D eigenvalue weighted by Crippen LogP contribution is 2.17. The minimum absolute atomic E-state index is 0.00648. The zero-order valence-electron chi connectivity index (χ0n) is 8.71. The van der Waals surface area contributed by atoms with Crippen LogP contribution in [0.15, 0.2) is 18.3 Å². The largest absolute Gasteiger partial charge is 0.471 e. The molecule has 5 nitrogen and oxygen atoms in total. The molecule has 0 aliphatic heterocycles. The number of hydrogen-bond acceptors (Lipinski definition) is 3. The van der Waals surface area contributed by atoms with Crippen LogP contribution >= 0.6 is 11.6 Å². The summed E-state index contributed by atoms with van der Waals surface area (Å²) < 4.78 is 35.4. The van der Waals surface area contributed by atoms with E-state index in [0.29, 0.717) is 0 Å². The Balaban J connectivity index is 2.49. The predicted molar refractivity (Wildman–Crippen MR) is 56.9 cm³/mol. The third-order valence-electron chi connectivity index (χ3n) is 1.70. The van der Waals surface area contributed by atoms with E-state index in [1.807, 2.05) is 0 Å². The molecule has 1 aromatic rings. The zero-order chi connectivity index (χ0) is 13.8. The molecule has 1 heterocycles. The lowest BCUT2D eigenvalue weighted by molar-refractivity contribution is -0.173. The van der Waals surface area contributed by atoms with Gasteiger partial charge < -0.3 is 10.6 Å². The number of hydrogen-bond donors (Lipinski definition) is 2. The molecule has 0 atom stereocenters. The van der Waals surface area contributed by atoms with E-state index in [1.54, 1.807) is 0 Å². The number of nitrogens with one attached hydrogen (secondary N) is 2. The van der Waals surface area contributed by atoms with Gasteiger partial charge in [-0.2, -0.15) is 13.2 Å². The molecule has 0 saturated carbocycles. The van der Waals surface area contributed by atoms with Crippen molar-refractivity contribution in [1.29, 1.82) is 0 Å². The second-order valence-electron chi connectivity index (χ2n) is 3.07. The third kappa shape index (κ3) is 4.21. The number of nitrogens with zero attached hydrogens (tertiary/aromatic N) is 1. The van der Waals surface area contributed by atoms with Crippen molar-refractivity contribution in [2.45, 2.75) is 6.18 Å². The molecule has 0 spiro atoms. The van der Waals surface area contributed by atoms with E-state index in [0.717, 1.165) is 0 Å². The number of halogens is 4. The Labute approximate surface area is 104 Å². The van der Waals surface area contributed by atoms with Crippen molar-refractivity contribution in [3.8, 4) is 0 Å². The Hall–Kier alpha value is -1.83. The molecule has 0 radical (unpaired) electrons. The van der Waals surface area contributed by atoms with Crippen molar-refractivity contribution < 1.29 is 22.8 Å². The maximum absolute atomic E-state index is 11.8.